The van der Waals surface area contributed by atoms with Gasteiger partial charge >= 0.3 is 5.97 Å². The van der Waals surface area contributed by atoms with E-state index in [9.17, 15) is 4.79 Å². The number of aliphatic carboxylic acids is 1. The average molecular weight is 197 g/mol. The Morgan fingerprint density at radius 3 is 2.86 bits per heavy atom. The molecule has 0 radical (unpaired) electrons. The minimum Gasteiger partial charge on any atom is -0.481 e. The van der Waals surface area contributed by atoms with E-state index in [0.29, 0.717) is 13.1 Å². The highest BCUT2D eigenvalue weighted by Gasteiger charge is 2.07. The van der Waals surface area contributed by atoms with Crippen LogP contribution in [0.3, 0.4) is 0 Å². The molecule has 4 nitrogen and oxygen atoms in total. The van der Waals surface area contributed by atoms with E-state index in [1.54, 1.807) is 6.26 Å². The van der Waals surface area contributed by atoms with Gasteiger partial charge in [0.25, 0.3) is 0 Å². The standard InChI is InChI=1S/C10H15NO3/c1-8-4-6-14-9(8)7-11(2)5-3-10(12)13/h4,6H,3,5,7H2,1-2H3,(H,12,13). The maximum Gasteiger partial charge on any atom is 0.304 e. The summed E-state index contributed by atoms with van der Waals surface area (Å²) >= 11 is 0. The van der Waals surface area contributed by atoms with E-state index in [2.05, 4.69) is 0 Å². The van der Waals surface area contributed by atoms with Crippen molar-refractivity contribution in [2.24, 2.45) is 0 Å². The van der Waals surface area contributed by atoms with Crippen LogP contribution in [-0.4, -0.2) is 29.6 Å². The third-order valence-corrected chi connectivity index (χ3v) is 2.09. The first-order chi connectivity index (χ1) is 6.59. The molecule has 0 aliphatic heterocycles. The van der Waals surface area contributed by atoms with Crippen molar-refractivity contribution in [3.8, 4) is 0 Å². The van der Waals surface area contributed by atoms with Crippen LogP contribution in [-0.2, 0) is 11.3 Å². The molecule has 0 aliphatic carbocycles. The first-order valence-corrected chi connectivity index (χ1v) is 4.53. The minimum absolute atomic E-state index is 0.163. The summed E-state index contributed by atoms with van der Waals surface area (Å²) in [6, 6.07) is 1.90. The van der Waals surface area contributed by atoms with Gasteiger partial charge in [-0.15, -0.1) is 0 Å². The summed E-state index contributed by atoms with van der Waals surface area (Å²) in [7, 11) is 1.88. The van der Waals surface area contributed by atoms with Crippen molar-refractivity contribution >= 4 is 5.97 Å². The third kappa shape index (κ3) is 3.22. The molecule has 0 atom stereocenters. The quantitative estimate of drug-likeness (QED) is 0.777. The zero-order chi connectivity index (χ0) is 10.6. The number of nitrogens with zero attached hydrogens (tertiary/aromatic N) is 1. The van der Waals surface area contributed by atoms with Crippen molar-refractivity contribution in [3.63, 3.8) is 0 Å². The Kier molecular flexibility index (Phi) is 3.71. The van der Waals surface area contributed by atoms with Gasteiger partial charge in [0.05, 0.1) is 19.2 Å². The summed E-state index contributed by atoms with van der Waals surface area (Å²) < 4.78 is 5.25. The molecule has 0 saturated carbocycles. The van der Waals surface area contributed by atoms with Gasteiger partial charge in [-0.05, 0) is 25.6 Å². The minimum atomic E-state index is -0.770. The molecule has 1 aromatic heterocycles. The van der Waals surface area contributed by atoms with Crippen molar-refractivity contribution < 1.29 is 14.3 Å². The number of carbonyl (C=O) groups is 1. The van der Waals surface area contributed by atoms with Gasteiger partial charge in [0, 0.05) is 6.54 Å². The number of aryl methyl sites for hydroxylation is 1. The van der Waals surface area contributed by atoms with Crippen molar-refractivity contribution in [2.75, 3.05) is 13.6 Å². The lowest BCUT2D eigenvalue weighted by Gasteiger charge is -2.13. The monoisotopic (exact) mass is 197 g/mol. The first-order valence-electron chi connectivity index (χ1n) is 4.53. The third-order valence-electron chi connectivity index (χ3n) is 2.09. The van der Waals surface area contributed by atoms with Crippen LogP contribution in [0.25, 0.3) is 0 Å². The van der Waals surface area contributed by atoms with E-state index in [1.807, 2.05) is 24.9 Å². The van der Waals surface area contributed by atoms with Gasteiger partial charge in [-0.2, -0.15) is 0 Å². The summed E-state index contributed by atoms with van der Waals surface area (Å²) in [4.78, 5) is 12.3. The Hall–Kier alpha value is -1.29. The van der Waals surface area contributed by atoms with Crippen LogP contribution in [0.2, 0.25) is 0 Å². The number of hydrogen-bond donors (Lipinski definition) is 1. The normalized spacial score (nSPS) is 10.8. The molecule has 14 heavy (non-hydrogen) atoms. The molecule has 1 aromatic rings. The van der Waals surface area contributed by atoms with Crippen LogP contribution in [0.4, 0.5) is 0 Å². The van der Waals surface area contributed by atoms with Crippen LogP contribution in [0, 0.1) is 6.92 Å². The molecule has 0 amide bonds. The maximum absolute atomic E-state index is 10.3. The smallest absolute Gasteiger partial charge is 0.304 e. The van der Waals surface area contributed by atoms with Crippen molar-refractivity contribution in [2.45, 2.75) is 19.9 Å². The highest BCUT2D eigenvalue weighted by Crippen LogP contribution is 2.10. The highest BCUT2D eigenvalue weighted by molar-refractivity contribution is 5.66. The number of hydrogen-bond acceptors (Lipinski definition) is 3. The van der Waals surface area contributed by atoms with Gasteiger partial charge in [0.15, 0.2) is 0 Å². The molecule has 1 N–H and O–H groups in total. The van der Waals surface area contributed by atoms with E-state index < -0.39 is 5.97 Å². The lowest BCUT2D eigenvalue weighted by molar-refractivity contribution is -0.137. The van der Waals surface area contributed by atoms with Crippen LogP contribution < -0.4 is 0 Å². The van der Waals surface area contributed by atoms with Gasteiger partial charge in [-0.3, -0.25) is 9.69 Å². The second-order valence-electron chi connectivity index (χ2n) is 3.41. The van der Waals surface area contributed by atoms with Gasteiger partial charge in [0.1, 0.15) is 5.76 Å². The molecule has 0 aromatic carbocycles. The van der Waals surface area contributed by atoms with Crippen molar-refractivity contribution in [1.29, 1.82) is 0 Å². The lowest BCUT2D eigenvalue weighted by atomic mass is 10.2. The summed E-state index contributed by atoms with van der Waals surface area (Å²) in [6.07, 6.45) is 1.81. The molecule has 0 spiro atoms. The predicted molar refractivity (Wildman–Crippen MR) is 52.0 cm³/mol. The number of carboxylic acids is 1. The van der Waals surface area contributed by atoms with Crippen LogP contribution in [0.1, 0.15) is 17.7 Å². The fourth-order valence-electron chi connectivity index (χ4n) is 1.18. The van der Waals surface area contributed by atoms with Gasteiger partial charge in [-0.1, -0.05) is 0 Å². The Bertz CT molecular complexity index is 306. The highest BCUT2D eigenvalue weighted by atomic mass is 16.4. The number of rotatable bonds is 5. The summed E-state index contributed by atoms with van der Waals surface area (Å²) in [5.74, 6) is 0.130. The van der Waals surface area contributed by atoms with Crippen LogP contribution in [0.15, 0.2) is 16.7 Å². The van der Waals surface area contributed by atoms with E-state index in [0.717, 1.165) is 11.3 Å². The second-order valence-corrected chi connectivity index (χ2v) is 3.41. The summed E-state index contributed by atoms with van der Waals surface area (Å²) in [6.45, 7) is 3.17. The van der Waals surface area contributed by atoms with Crippen molar-refractivity contribution in [1.82, 2.24) is 4.90 Å². The van der Waals surface area contributed by atoms with Gasteiger partial charge in [-0.25, -0.2) is 0 Å². The molecule has 1 rings (SSSR count). The van der Waals surface area contributed by atoms with E-state index in [1.165, 1.54) is 0 Å². The van der Waals surface area contributed by atoms with Crippen LogP contribution >= 0.6 is 0 Å². The Labute approximate surface area is 83.1 Å². The molecule has 0 fully saturated rings. The molecule has 4 heteroatoms. The predicted octanol–water partition coefficient (Wildman–Crippen LogP) is 1.49. The number of furan rings is 1. The average Bonchev–Trinajstić information content (AvgIpc) is 2.49. The van der Waals surface area contributed by atoms with E-state index in [4.69, 9.17) is 9.52 Å². The fourth-order valence-corrected chi connectivity index (χ4v) is 1.18. The van der Waals surface area contributed by atoms with Gasteiger partial charge < -0.3 is 9.52 Å². The Balaban J connectivity index is 2.37. The molecule has 0 aliphatic rings. The van der Waals surface area contributed by atoms with E-state index in [-0.39, 0.29) is 6.42 Å². The van der Waals surface area contributed by atoms with Gasteiger partial charge in [0.2, 0.25) is 0 Å². The zero-order valence-corrected chi connectivity index (χ0v) is 8.49. The SMILES string of the molecule is Cc1ccoc1CN(C)CCC(=O)O. The van der Waals surface area contributed by atoms with Crippen molar-refractivity contribution in [3.05, 3.63) is 23.7 Å². The van der Waals surface area contributed by atoms with Crippen LogP contribution in [0.5, 0.6) is 0 Å². The summed E-state index contributed by atoms with van der Waals surface area (Å²) in [5.41, 5.74) is 1.10. The zero-order valence-electron chi connectivity index (χ0n) is 8.49. The molecular weight excluding hydrogens is 182 g/mol. The molecule has 78 valence electrons. The maximum atomic E-state index is 10.3. The van der Waals surface area contributed by atoms with E-state index >= 15 is 0 Å². The lowest BCUT2D eigenvalue weighted by Crippen LogP contribution is -2.21. The Morgan fingerprint density at radius 2 is 2.36 bits per heavy atom. The Morgan fingerprint density at radius 1 is 1.64 bits per heavy atom. The summed E-state index contributed by atoms with van der Waals surface area (Å²) in [5, 5.41) is 8.49. The molecular formula is C10H15NO3. The fraction of sp³-hybridized carbons (Fsp3) is 0.500. The second kappa shape index (κ2) is 4.81. The molecule has 0 bridgehead atoms. The largest absolute Gasteiger partial charge is 0.481 e. The topological polar surface area (TPSA) is 53.7 Å². The number of carboxylic acid groups (broad SMARTS) is 1. The molecule has 1 heterocycles. The first kappa shape index (κ1) is 10.8. The molecule has 0 unspecified atom stereocenters. The molecule has 0 saturated heterocycles.